The zero-order valence-electron chi connectivity index (χ0n) is 10.5. The molecule has 0 atom stereocenters. The lowest BCUT2D eigenvalue weighted by molar-refractivity contribution is 0.103. The van der Waals surface area contributed by atoms with Crippen LogP contribution in [-0.2, 0) is 0 Å². The molecule has 0 amide bonds. The van der Waals surface area contributed by atoms with Crippen LogP contribution in [0.1, 0.15) is 15.9 Å². The number of carbonyl (C=O) groups is 1. The van der Waals surface area contributed by atoms with E-state index in [1.165, 1.54) is 24.4 Å². The molecule has 0 spiro atoms. The lowest BCUT2D eigenvalue weighted by Crippen LogP contribution is -2.07. The van der Waals surface area contributed by atoms with Gasteiger partial charge in [-0.1, -0.05) is 17.7 Å². The van der Waals surface area contributed by atoms with E-state index >= 15 is 0 Å². The van der Waals surface area contributed by atoms with Crippen LogP contribution in [0.25, 0.3) is 11.0 Å². The Hall–Kier alpha value is -2.40. The van der Waals surface area contributed by atoms with E-state index in [0.717, 1.165) is 12.1 Å². The standard InChI is InChI=1S/C15H7ClF2N2O/c16-13-7-19-11-5-4-8(6-12(11)20-13)15(21)14-9(17)2-1-3-10(14)18/h1-7H. The first-order valence-electron chi connectivity index (χ1n) is 5.97. The van der Waals surface area contributed by atoms with Gasteiger partial charge in [0, 0.05) is 5.56 Å². The third kappa shape index (κ3) is 2.48. The Bertz CT molecular complexity index is 847. The zero-order chi connectivity index (χ0) is 15.0. The van der Waals surface area contributed by atoms with Crippen LogP contribution in [0.5, 0.6) is 0 Å². The monoisotopic (exact) mass is 304 g/mol. The molecular weight excluding hydrogens is 298 g/mol. The zero-order valence-corrected chi connectivity index (χ0v) is 11.2. The summed E-state index contributed by atoms with van der Waals surface area (Å²) in [6.07, 6.45) is 1.38. The van der Waals surface area contributed by atoms with Gasteiger partial charge in [-0.2, -0.15) is 0 Å². The summed E-state index contributed by atoms with van der Waals surface area (Å²) in [5.41, 5.74) is 0.435. The van der Waals surface area contributed by atoms with Crippen LogP contribution in [0.4, 0.5) is 8.78 Å². The SMILES string of the molecule is O=C(c1ccc2ncc(Cl)nc2c1)c1c(F)cccc1F. The van der Waals surface area contributed by atoms with E-state index < -0.39 is 23.0 Å². The molecule has 0 unspecified atom stereocenters. The first kappa shape index (κ1) is 13.6. The van der Waals surface area contributed by atoms with Gasteiger partial charge >= 0.3 is 0 Å². The summed E-state index contributed by atoms with van der Waals surface area (Å²) in [6.45, 7) is 0. The molecule has 0 aliphatic heterocycles. The molecule has 6 heteroatoms. The van der Waals surface area contributed by atoms with Crippen molar-refractivity contribution in [2.75, 3.05) is 0 Å². The van der Waals surface area contributed by atoms with Crippen LogP contribution in [-0.4, -0.2) is 15.8 Å². The Labute approximate surface area is 123 Å². The lowest BCUT2D eigenvalue weighted by atomic mass is 10.0. The molecular formula is C15H7ClF2N2O. The summed E-state index contributed by atoms with van der Waals surface area (Å²) < 4.78 is 27.3. The first-order chi connectivity index (χ1) is 10.1. The molecule has 1 aromatic heterocycles. The molecule has 21 heavy (non-hydrogen) atoms. The van der Waals surface area contributed by atoms with Crippen molar-refractivity contribution < 1.29 is 13.6 Å². The second-order valence-electron chi connectivity index (χ2n) is 4.32. The molecule has 0 radical (unpaired) electrons. The molecule has 3 nitrogen and oxygen atoms in total. The van der Waals surface area contributed by atoms with E-state index in [9.17, 15) is 13.6 Å². The number of aromatic nitrogens is 2. The minimum absolute atomic E-state index is 0.114. The van der Waals surface area contributed by atoms with Gasteiger partial charge in [0.15, 0.2) is 5.78 Å². The van der Waals surface area contributed by atoms with Crippen molar-refractivity contribution in [3.8, 4) is 0 Å². The van der Waals surface area contributed by atoms with E-state index in [2.05, 4.69) is 9.97 Å². The summed E-state index contributed by atoms with van der Waals surface area (Å²) in [7, 11) is 0. The maximum Gasteiger partial charge on any atom is 0.199 e. The van der Waals surface area contributed by atoms with Gasteiger partial charge < -0.3 is 0 Å². The van der Waals surface area contributed by atoms with Gasteiger partial charge in [0.25, 0.3) is 0 Å². The molecule has 0 N–H and O–H groups in total. The van der Waals surface area contributed by atoms with Crippen LogP contribution < -0.4 is 0 Å². The van der Waals surface area contributed by atoms with Gasteiger partial charge in [-0.25, -0.2) is 13.8 Å². The minimum Gasteiger partial charge on any atom is -0.288 e. The van der Waals surface area contributed by atoms with E-state index in [1.807, 2.05) is 0 Å². The Morgan fingerprint density at radius 3 is 2.48 bits per heavy atom. The van der Waals surface area contributed by atoms with Crippen LogP contribution in [0.15, 0.2) is 42.6 Å². The van der Waals surface area contributed by atoms with Crippen molar-refractivity contribution in [1.82, 2.24) is 9.97 Å². The number of fused-ring (bicyclic) bond motifs is 1. The highest BCUT2D eigenvalue weighted by molar-refractivity contribution is 6.29. The van der Waals surface area contributed by atoms with Gasteiger partial charge in [-0.15, -0.1) is 0 Å². The minimum atomic E-state index is -0.905. The number of carbonyl (C=O) groups excluding carboxylic acids is 1. The number of hydrogen-bond acceptors (Lipinski definition) is 3. The predicted molar refractivity (Wildman–Crippen MR) is 74.3 cm³/mol. The Kier molecular flexibility index (Phi) is 3.35. The van der Waals surface area contributed by atoms with E-state index in [4.69, 9.17) is 11.6 Å². The maximum atomic E-state index is 13.7. The van der Waals surface area contributed by atoms with E-state index in [0.29, 0.717) is 11.0 Å². The fourth-order valence-corrected chi connectivity index (χ4v) is 2.13. The van der Waals surface area contributed by atoms with Gasteiger partial charge in [0.05, 0.1) is 22.8 Å². The van der Waals surface area contributed by atoms with Gasteiger partial charge in [0.2, 0.25) is 0 Å². The van der Waals surface area contributed by atoms with E-state index in [-0.39, 0.29) is 10.7 Å². The second kappa shape index (κ2) is 5.18. The maximum absolute atomic E-state index is 13.7. The molecule has 0 bridgehead atoms. The third-order valence-electron chi connectivity index (χ3n) is 2.96. The third-order valence-corrected chi connectivity index (χ3v) is 3.15. The average molecular weight is 305 g/mol. The van der Waals surface area contributed by atoms with Crippen LogP contribution in [0.2, 0.25) is 5.15 Å². The Morgan fingerprint density at radius 1 is 1.05 bits per heavy atom. The Morgan fingerprint density at radius 2 is 1.76 bits per heavy atom. The first-order valence-corrected chi connectivity index (χ1v) is 6.35. The van der Waals surface area contributed by atoms with Crippen molar-refractivity contribution in [2.45, 2.75) is 0 Å². The summed E-state index contributed by atoms with van der Waals surface area (Å²) in [5.74, 6) is -2.57. The topological polar surface area (TPSA) is 42.9 Å². The highest BCUT2D eigenvalue weighted by atomic mass is 35.5. The fourth-order valence-electron chi connectivity index (χ4n) is 1.99. The molecule has 2 aromatic carbocycles. The molecule has 0 aliphatic rings. The van der Waals surface area contributed by atoms with Gasteiger partial charge in [-0.05, 0) is 30.3 Å². The molecule has 3 rings (SSSR count). The highest BCUT2D eigenvalue weighted by Crippen LogP contribution is 2.20. The van der Waals surface area contributed by atoms with Crippen LogP contribution >= 0.6 is 11.6 Å². The summed E-state index contributed by atoms with van der Waals surface area (Å²) in [5, 5.41) is 0.171. The number of hydrogen-bond donors (Lipinski definition) is 0. The molecule has 0 fully saturated rings. The number of halogens is 3. The largest absolute Gasteiger partial charge is 0.288 e. The van der Waals surface area contributed by atoms with Crippen LogP contribution in [0, 0.1) is 11.6 Å². The summed E-state index contributed by atoms with van der Waals surface area (Å²) in [4.78, 5) is 20.3. The fraction of sp³-hybridized carbons (Fsp3) is 0. The van der Waals surface area contributed by atoms with Crippen LogP contribution in [0.3, 0.4) is 0 Å². The smallest absolute Gasteiger partial charge is 0.199 e. The quantitative estimate of drug-likeness (QED) is 0.676. The van der Waals surface area contributed by atoms with Crippen molar-refractivity contribution in [3.05, 3.63) is 70.5 Å². The van der Waals surface area contributed by atoms with E-state index in [1.54, 1.807) is 6.07 Å². The number of rotatable bonds is 2. The summed E-state index contributed by atoms with van der Waals surface area (Å²) >= 11 is 5.74. The highest BCUT2D eigenvalue weighted by Gasteiger charge is 2.19. The molecule has 0 aliphatic carbocycles. The average Bonchev–Trinajstić information content (AvgIpc) is 2.46. The lowest BCUT2D eigenvalue weighted by Gasteiger charge is -2.05. The predicted octanol–water partition coefficient (Wildman–Crippen LogP) is 3.79. The number of benzene rings is 2. The van der Waals surface area contributed by atoms with Gasteiger partial charge in [-0.3, -0.25) is 9.78 Å². The van der Waals surface area contributed by atoms with Gasteiger partial charge in [0.1, 0.15) is 16.8 Å². The number of nitrogens with zero attached hydrogens (tertiary/aromatic N) is 2. The molecule has 1 heterocycles. The van der Waals surface area contributed by atoms with Crippen molar-refractivity contribution in [2.24, 2.45) is 0 Å². The normalized spacial score (nSPS) is 10.8. The molecule has 104 valence electrons. The number of ketones is 1. The molecule has 0 saturated carbocycles. The van der Waals surface area contributed by atoms with Crippen molar-refractivity contribution >= 4 is 28.4 Å². The molecule has 3 aromatic rings. The van der Waals surface area contributed by atoms with Crippen molar-refractivity contribution in [1.29, 1.82) is 0 Å². The molecule has 0 saturated heterocycles. The second-order valence-corrected chi connectivity index (χ2v) is 4.71. The van der Waals surface area contributed by atoms with Crippen molar-refractivity contribution in [3.63, 3.8) is 0 Å². The Balaban J connectivity index is 2.13. The summed E-state index contributed by atoms with van der Waals surface area (Å²) in [6, 6.07) is 7.67.